The van der Waals surface area contributed by atoms with E-state index in [9.17, 15) is 9.59 Å². The maximum Gasteiger partial charge on any atom is 0.253 e. The van der Waals surface area contributed by atoms with Crippen molar-refractivity contribution >= 4 is 23.4 Å². The smallest absolute Gasteiger partial charge is 0.253 e. The van der Waals surface area contributed by atoms with Gasteiger partial charge in [-0.3, -0.25) is 9.59 Å². The second-order valence-corrected chi connectivity index (χ2v) is 8.93. The molecule has 170 valence electrons. The van der Waals surface area contributed by atoms with Gasteiger partial charge in [0.1, 0.15) is 0 Å². The molecule has 3 aromatic rings. The van der Waals surface area contributed by atoms with Crippen LogP contribution in [0.5, 0.6) is 0 Å². The van der Waals surface area contributed by atoms with Crippen molar-refractivity contribution in [3.05, 3.63) is 106 Å². The molecule has 0 aliphatic heterocycles. The van der Waals surface area contributed by atoms with Crippen LogP contribution in [-0.2, 0) is 17.6 Å². The molecule has 0 spiro atoms. The van der Waals surface area contributed by atoms with E-state index in [1.54, 1.807) is 29.2 Å². The van der Waals surface area contributed by atoms with Crippen molar-refractivity contribution in [2.75, 3.05) is 13.1 Å². The first kappa shape index (κ1) is 23.1. The van der Waals surface area contributed by atoms with E-state index < -0.39 is 0 Å². The van der Waals surface area contributed by atoms with Crippen molar-refractivity contribution in [1.82, 2.24) is 10.2 Å². The summed E-state index contributed by atoms with van der Waals surface area (Å²) in [5.41, 5.74) is 4.27. The summed E-state index contributed by atoms with van der Waals surface area (Å²) >= 11 is 5.99. The molecule has 1 unspecified atom stereocenters. The molecule has 5 heteroatoms. The number of hydrogen-bond donors (Lipinski definition) is 1. The highest BCUT2D eigenvalue weighted by atomic mass is 35.5. The van der Waals surface area contributed by atoms with E-state index in [0.29, 0.717) is 23.7 Å². The Morgan fingerprint density at radius 1 is 0.909 bits per heavy atom. The van der Waals surface area contributed by atoms with Crippen LogP contribution in [-0.4, -0.2) is 29.8 Å². The average molecular weight is 461 g/mol. The molecule has 33 heavy (non-hydrogen) atoms. The quantitative estimate of drug-likeness (QED) is 0.475. The molecule has 0 aromatic heterocycles. The monoisotopic (exact) mass is 460 g/mol. The summed E-state index contributed by atoms with van der Waals surface area (Å²) in [5.74, 6) is -0.108. The van der Waals surface area contributed by atoms with Crippen LogP contribution in [0.2, 0.25) is 5.02 Å². The number of hydrogen-bond acceptors (Lipinski definition) is 2. The molecular formula is C28H29ClN2O2. The number of nitrogens with zero attached hydrogens (tertiary/aromatic N) is 1. The molecule has 1 aliphatic carbocycles. The molecular weight excluding hydrogens is 432 g/mol. The van der Waals surface area contributed by atoms with Gasteiger partial charge in [-0.2, -0.15) is 0 Å². The predicted octanol–water partition coefficient (Wildman–Crippen LogP) is 5.61. The minimum absolute atomic E-state index is 0.0229. The van der Waals surface area contributed by atoms with Crippen LogP contribution >= 0.6 is 11.6 Å². The van der Waals surface area contributed by atoms with Gasteiger partial charge in [-0.1, -0.05) is 66.2 Å². The second kappa shape index (κ2) is 11.2. The Labute approximate surface area is 200 Å². The fraction of sp³-hybridized carbons (Fsp3) is 0.286. The van der Waals surface area contributed by atoms with E-state index in [2.05, 4.69) is 35.6 Å². The number of rotatable bonds is 8. The summed E-state index contributed by atoms with van der Waals surface area (Å²) < 4.78 is 0. The molecule has 4 rings (SSSR count). The van der Waals surface area contributed by atoms with Gasteiger partial charge in [0.2, 0.25) is 5.91 Å². The lowest BCUT2D eigenvalue weighted by molar-refractivity contribution is -0.122. The number of amides is 2. The number of aryl methyl sites for hydroxylation is 1. The van der Waals surface area contributed by atoms with Crippen LogP contribution in [0, 0.1) is 0 Å². The minimum atomic E-state index is -0.0848. The van der Waals surface area contributed by atoms with Crippen LogP contribution in [0.15, 0.2) is 78.9 Å². The number of carbonyl (C=O) groups excluding carboxylic acids is 2. The highest BCUT2D eigenvalue weighted by Crippen LogP contribution is 2.29. The van der Waals surface area contributed by atoms with E-state index in [4.69, 9.17) is 11.6 Å². The van der Waals surface area contributed by atoms with Crippen molar-refractivity contribution < 1.29 is 9.59 Å². The molecule has 3 aromatic carbocycles. The number of nitrogens with one attached hydrogen (secondary N) is 1. The zero-order valence-corrected chi connectivity index (χ0v) is 19.4. The maximum atomic E-state index is 13.2. The zero-order chi connectivity index (χ0) is 23.0. The SMILES string of the molecule is O=C(CCN(CCc1ccccc1)C(=O)c1ccc(Cl)cc1)NC1CCCc2ccccc21. The third-order valence-electron chi connectivity index (χ3n) is 6.21. The van der Waals surface area contributed by atoms with Gasteiger partial charge >= 0.3 is 0 Å². The normalized spacial score (nSPS) is 14.9. The third-order valence-corrected chi connectivity index (χ3v) is 6.46. The Bertz CT molecular complexity index is 1080. The topological polar surface area (TPSA) is 49.4 Å². The Morgan fingerprint density at radius 2 is 1.64 bits per heavy atom. The Morgan fingerprint density at radius 3 is 2.42 bits per heavy atom. The van der Waals surface area contributed by atoms with Crippen LogP contribution in [0.1, 0.15) is 52.4 Å². The minimum Gasteiger partial charge on any atom is -0.349 e. The summed E-state index contributed by atoms with van der Waals surface area (Å²) in [6.07, 6.45) is 4.08. The lowest BCUT2D eigenvalue weighted by Crippen LogP contribution is -2.38. The third kappa shape index (κ3) is 6.23. The molecule has 0 bridgehead atoms. The van der Waals surface area contributed by atoms with Crippen molar-refractivity contribution in [3.8, 4) is 0 Å². The van der Waals surface area contributed by atoms with E-state index >= 15 is 0 Å². The lowest BCUT2D eigenvalue weighted by atomic mass is 9.87. The van der Waals surface area contributed by atoms with E-state index in [1.165, 1.54) is 11.1 Å². The van der Waals surface area contributed by atoms with Gasteiger partial charge in [0, 0.05) is 30.1 Å². The highest BCUT2D eigenvalue weighted by Gasteiger charge is 2.22. The Balaban J connectivity index is 1.40. The number of benzene rings is 3. The first-order valence-corrected chi connectivity index (χ1v) is 11.9. The summed E-state index contributed by atoms with van der Waals surface area (Å²) in [6, 6.07) is 25.4. The zero-order valence-electron chi connectivity index (χ0n) is 18.7. The van der Waals surface area contributed by atoms with Crippen LogP contribution in [0.25, 0.3) is 0 Å². The number of carbonyl (C=O) groups is 2. The fourth-order valence-corrected chi connectivity index (χ4v) is 4.53. The molecule has 0 saturated heterocycles. The van der Waals surface area contributed by atoms with Crippen LogP contribution < -0.4 is 5.32 Å². The van der Waals surface area contributed by atoms with Crippen molar-refractivity contribution in [2.24, 2.45) is 0 Å². The first-order valence-electron chi connectivity index (χ1n) is 11.6. The summed E-state index contributed by atoms with van der Waals surface area (Å²) in [4.78, 5) is 27.8. The average Bonchev–Trinajstić information content (AvgIpc) is 2.85. The largest absolute Gasteiger partial charge is 0.349 e. The van der Waals surface area contributed by atoms with Crippen molar-refractivity contribution in [2.45, 2.75) is 38.1 Å². The second-order valence-electron chi connectivity index (χ2n) is 8.50. The Kier molecular flexibility index (Phi) is 7.79. The highest BCUT2D eigenvalue weighted by molar-refractivity contribution is 6.30. The summed E-state index contributed by atoms with van der Waals surface area (Å²) in [6.45, 7) is 0.916. The standard InChI is InChI=1S/C28H29ClN2O2/c29-24-15-13-23(14-16-24)28(33)31(19-17-21-7-2-1-3-8-21)20-18-27(32)30-26-12-6-10-22-9-4-5-11-25(22)26/h1-5,7-9,11,13-16,26H,6,10,12,17-20H2,(H,30,32). The predicted molar refractivity (Wildman–Crippen MR) is 132 cm³/mol. The first-order chi connectivity index (χ1) is 16.1. The van der Waals surface area contributed by atoms with E-state index in [-0.39, 0.29) is 24.3 Å². The molecule has 0 fully saturated rings. The maximum absolute atomic E-state index is 13.2. The van der Waals surface area contributed by atoms with Crippen molar-refractivity contribution in [1.29, 1.82) is 0 Å². The molecule has 1 atom stereocenters. The van der Waals surface area contributed by atoms with Crippen molar-refractivity contribution in [3.63, 3.8) is 0 Å². The number of fused-ring (bicyclic) bond motifs is 1. The van der Waals surface area contributed by atoms with Gasteiger partial charge in [0.05, 0.1) is 6.04 Å². The molecule has 0 saturated carbocycles. The lowest BCUT2D eigenvalue weighted by Gasteiger charge is -2.27. The van der Waals surface area contributed by atoms with Gasteiger partial charge in [0.25, 0.3) is 5.91 Å². The van der Waals surface area contributed by atoms with Gasteiger partial charge < -0.3 is 10.2 Å². The van der Waals surface area contributed by atoms with Gasteiger partial charge in [-0.25, -0.2) is 0 Å². The molecule has 0 radical (unpaired) electrons. The van der Waals surface area contributed by atoms with Gasteiger partial charge in [-0.05, 0) is 66.6 Å². The summed E-state index contributed by atoms with van der Waals surface area (Å²) in [5, 5.41) is 3.79. The number of halogens is 1. The van der Waals surface area contributed by atoms with E-state index in [1.807, 2.05) is 24.3 Å². The molecule has 0 heterocycles. The van der Waals surface area contributed by atoms with Gasteiger partial charge in [0.15, 0.2) is 0 Å². The van der Waals surface area contributed by atoms with E-state index in [0.717, 1.165) is 31.2 Å². The Hall–Kier alpha value is -3.11. The van der Waals surface area contributed by atoms with Gasteiger partial charge in [-0.15, -0.1) is 0 Å². The van der Waals surface area contributed by atoms with Crippen LogP contribution in [0.4, 0.5) is 0 Å². The fourth-order valence-electron chi connectivity index (χ4n) is 4.41. The molecule has 1 aliphatic rings. The molecule has 4 nitrogen and oxygen atoms in total. The molecule has 1 N–H and O–H groups in total. The summed E-state index contributed by atoms with van der Waals surface area (Å²) in [7, 11) is 0. The molecule has 2 amide bonds. The van der Waals surface area contributed by atoms with Crippen LogP contribution in [0.3, 0.4) is 0 Å².